The second kappa shape index (κ2) is 5.63. The van der Waals surface area contributed by atoms with Gasteiger partial charge in [0.1, 0.15) is 5.82 Å². The molecule has 21 heavy (non-hydrogen) atoms. The van der Waals surface area contributed by atoms with Gasteiger partial charge in [0.25, 0.3) is 5.91 Å². The topological polar surface area (TPSA) is 59.1 Å². The molecule has 1 aromatic carbocycles. The molecule has 0 saturated heterocycles. The molecule has 1 N–H and O–H groups in total. The van der Waals surface area contributed by atoms with Gasteiger partial charge in [-0.3, -0.25) is 9.59 Å². The SMILES string of the molecule is O=C(Nc1cc(Cl)ccn1)c1cc2ccccc2c(=O)s1. The van der Waals surface area contributed by atoms with Gasteiger partial charge in [0, 0.05) is 16.6 Å². The van der Waals surface area contributed by atoms with Gasteiger partial charge in [0.15, 0.2) is 0 Å². The van der Waals surface area contributed by atoms with Gasteiger partial charge >= 0.3 is 0 Å². The van der Waals surface area contributed by atoms with Crippen LogP contribution in [0.3, 0.4) is 0 Å². The van der Waals surface area contributed by atoms with E-state index < -0.39 is 0 Å². The average Bonchev–Trinajstić information content (AvgIpc) is 2.47. The van der Waals surface area contributed by atoms with Crippen LogP contribution in [0.4, 0.5) is 5.82 Å². The van der Waals surface area contributed by atoms with Crippen molar-refractivity contribution < 1.29 is 4.79 Å². The molecule has 104 valence electrons. The van der Waals surface area contributed by atoms with Crippen LogP contribution in [0.15, 0.2) is 53.5 Å². The van der Waals surface area contributed by atoms with Crippen molar-refractivity contribution in [2.24, 2.45) is 0 Å². The minimum Gasteiger partial charge on any atom is -0.306 e. The van der Waals surface area contributed by atoms with E-state index in [1.54, 1.807) is 36.4 Å². The third-order valence-electron chi connectivity index (χ3n) is 2.86. The highest BCUT2D eigenvalue weighted by molar-refractivity contribution is 7.12. The third kappa shape index (κ3) is 2.94. The van der Waals surface area contributed by atoms with Crippen LogP contribution in [0, 0.1) is 0 Å². The monoisotopic (exact) mass is 316 g/mol. The van der Waals surface area contributed by atoms with Crippen LogP contribution in [-0.4, -0.2) is 10.9 Å². The first-order valence-electron chi connectivity index (χ1n) is 6.09. The first-order chi connectivity index (χ1) is 10.1. The quantitative estimate of drug-likeness (QED) is 0.786. The molecule has 3 aromatic rings. The van der Waals surface area contributed by atoms with E-state index in [-0.39, 0.29) is 10.6 Å². The Bertz CT molecular complexity index is 892. The van der Waals surface area contributed by atoms with E-state index >= 15 is 0 Å². The second-order valence-electron chi connectivity index (χ2n) is 4.30. The predicted molar refractivity (Wildman–Crippen MR) is 85.3 cm³/mol. The lowest BCUT2D eigenvalue weighted by Gasteiger charge is -2.04. The number of hydrogen-bond donors (Lipinski definition) is 1. The van der Waals surface area contributed by atoms with Gasteiger partial charge in [-0.1, -0.05) is 41.1 Å². The number of nitrogens with zero attached hydrogens (tertiary/aromatic N) is 1. The number of amides is 1. The lowest BCUT2D eigenvalue weighted by Crippen LogP contribution is -2.13. The summed E-state index contributed by atoms with van der Waals surface area (Å²) in [4.78, 5) is 28.5. The molecule has 3 rings (SSSR count). The Kier molecular flexibility index (Phi) is 3.68. The number of aromatic nitrogens is 1. The van der Waals surface area contributed by atoms with Crippen molar-refractivity contribution in [1.29, 1.82) is 0 Å². The molecule has 0 spiro atoms. The smallest absolute Gasteiger partial charge is 0.267 e. The van der Waals surface area contributed by atoms with Gasteiger partial charge in [0.05, 0.1) is 4.88 Å². The van der Waals surface area contributed by atoms with Crippen molar-refractivity contribution in [3.8, 4) is 0 Å². The Morgan fingerprint density at radius 3 is 2.81 bits per heavy atom. The number of pyridine rings is 1. The maximum absolute atomic E-state index is 12.2. The largest absolute Gasteiger partial charge is 0.306 e. The summed E-state index contributed by atoms with van der Waals surface area (Å²) < 4.78 is -0.141. The molecule has 1 amide bonds. The maximum Gasteiger partial charge on any atom is 0.267 e. The Morgan fingerprint density at radius 1 is 1.19 bits per heavy atom. The summed E-state index contributed by atoms with van der Waals surface area (Å²) >= 11 is 6.75. The normalized spacial score (nSPS) is 10.5. The highest BCUT2D eigenvalue weighted by atomic mass is 35.5. The molecule has 0 unspecified atom stereocenters. The first-order valence-corrected chi connectivity index (χ1v) is 7.29. The van der Waals surface area contributed by atoms with Gasteiger partial charge in [0.2, 0.25) is 4.74 Å². The van der Waals surface area contributed by atoms with Crippen LogP contribution < -0.4 is 10.1 Å². The molecule has 0 bridgehead atoms. The number of carbonyl (C=O) groups is 1. The summed E-state index contributed by atoms with van der Waals surface area (Å²) in [5.41, 5.74) is 0. The predicted octanol–water partition coefficient (Wildman–Crippen LogP) is 3.56. The van der Waals surface area contributed by atoms with E-state index in [1.165, 1.54) is 6.20 Å². The van der Waals surface area contributed by atoms with E-state index in [0.29, 0.717) is 21.1 Å². The zero-order valence-corrected chi connectivity index (χ0v) is 12.2. The summed E-state index contributed by atoms with van der Waals surface area (Å²) in [7, 11) is 0. The van der Waals surface area contributed by atoms with Gasteiger partial charge in [-0.25, -0.2) is 4.98 Å². The highest BCUT2D eigenvalue weighted by Gasteiger charge is 2.11. The summed E-state index contributed by atoms with van der Waals surface area (Å²) in [6.45, 7) is 0. The number of rotatable bonds is 2. The van der Waals surface area contributed by atoms with E-state index in [1.807, 2.05) is 6.07 Å². The van der Waals surface area contributed by atoms with Crippen molar-refractivity contribution in [2.75, 3.05) is 5.32 Å². The van der Waals surface area contributed by atoms with Crippen LogP contribution in [-0.2, 0) is 0 Å². The van der Waals surface area contributed by atoms with Crippen LogP contribution in [0.5, 0.6) is 0 Å². The lowest BCUT2D eigenvalue weighted by atomic mass is 10.2. The van der Waals surface area contributed by atoms with Crippen molar-refractivity contribution in [2.45, 2.75) is 0 Å². The zero-order chi connectivity index (χ0) is 14.8. The molecule has 6 heteroatoms. The Balaban J connectivity index is 1.96. The lowest BCUT2D eigenvalue weighted by molar-refractivity contribution is 0.103. The van der Waals surface area contributed by atoms with Crippen molar-refractivity contribution in [3.05, 3.63) is 68.1 Å². The standard InChI is InChI=1S/C15H9ClN2O2S/c16-10-5-6-17-13(8-10)18-14(19)12-7-9-3-1-2-4-11(9)15(20)21-12/h1-8H,(H,17,18,19). The fourth-order valence-corrected chi connectivity index (χ4v) is 2.88. The molecule has 2 aromatic heterocycles. The number of nitrogens with one attached hydrogen (secondary N) is 1. The average molecular weight is 317 g/mol. The van der Waals surface area contributed by atoms with E-state index in [2.05, 4.69) is 10.3 Å². The minimum absolute atomic E-state index is 0.141. The van der Waals surface area contributed by atoms with Crippen LogP contribution in [0.1, 0.15) is 9.67 Å². The number of halogens is 1. The molecule has 0 saturated carbocycles. The number of benzene rings is 1. The van der Waals surface area contributed by atoms with Crippen LogP contribution >= 0.6 is 22.9 Å². The minimum atomic E-state index is -0.377. The van der Waals surface area contributed by atoms with Crippen molar-refractivity contribution in [3.63, 3.8) is 0 Å². The Labute approximate surface area is 129 Å². The zero-order valence-electron chi connectivity index (χ0n) is 10.7. The fourth-order valence-electron chi connectivity index (χ4n) is 1.90. The van der Waals surface area contributed by atoms with Crippen molar-refractivity contribution in [1.82, 2.24) is 4.98 Å². The molecule has 0 aliphatic carbocycles. The summed E-state index contributed by atoms with van der Waals surface area (Å²) in [6.07, 6.45) is 1.50. The number of hydrogen-bond acceptors (Lipinski definition) is 4. The third-order valence-corrected chi connectivity index (χ3v) is 4.02. The highest BCUT2D eigenvalue weighted by Crippen LogP contribution is 2.17. The summed E-state index contributed by atoms with van der Waals surface area (Å²) in [5.74, 6) is -0.0297. The number of carbonyl (C=O) groups excluding carboxylic acids is 1. The maximum atomic E-state index is 12.2. The number of anilines is 1. The first kappa shape index (κ1) is 13.7. The Morgan fingerprint density at radius 2 is 2.00 bits per heavy atom. The van der Waals surface area contributed by atoms with Gasteiger partial charge in [-0.15, -0.1) is 0 Å². The van der Waals surface area contributed by atoms with E-state index in [4.69, 9.17) is 11.6 Å². The Hall–Kier alpha value is -2.24. The molecule has 0 atom stereocenters. The van der Waals surface area contributed by atoms with Gasteiger partial charge in [-0.2, -0.15) is 0 Å². The van der Waals surface area contributed by atoms with E-state index in [0.717, 1.165) is 16.7 Å². The van der Waals surface area contributed by atoms with Gasteiger partial charge < -0.3 is 5.32 Å². The van der Waals surface area contributed by atoms with Crippen molar-refractivity contribution >= 4 is 45.4 Å². The fraction of sp³-hybridized carbons (Fsp3) is 0. The van der Waals surface area contributed by atoms with Gasteiger partial charge in [-0.05, 0) is 29.7 Å². The van der Waals surface area contributed by atoms with Crippen LogP contribution in [0.2, 0.25) is 5.02 Å². The molecular weight excluding hydrogens is 308 g/mol. The second-order valence-corrected chi connectivity index (χ2v) is 5.75. The molecule has 4 nitrogen and oxygen atoms in total. The summed E-state index contributed by atoms with van der Waals surface area (Å²) in [6, 6.07) is 12.0. The number of fused-ring (bicyclic) bond motifs is 1. The molecule has 0 fully saturated rings. The summed E-state index contributed by atoms with van der Waals surface area (Å²) in [5, 5.41) is 4.46. The molecule has 0 aliphatic heterocycles. The molecule has 0 radical (unpaired) electrons. The molecule has 2 heterocycles. The molecular formula is C15H9ClN2O2S. The van der Waals surface area contributed by atoms with Crippen LogP contribution in [0.25, 0.3) is 10.8 Å². The molecule has 0 aliphatic rings. The van der Waals surface area contributed by atoms with E-state index in [9.17, 15) is 9.59 Å².